The number of benzene rings is 2. The van der Waals surface area contributed by atoms with Crippen molar-refractivity contribution in [1.29, 1.82) is 0 Å². The van der Waals surface area contributed by atoms with Crippen LogP contribution in [-0.2, 0) is 18.4 Å². The maximum absolute atomic E-state index is 5.50. The maximum Gasteiger partial charge on any atom is 0.122 e. The van der Waals surface area contributed by atoms with Gasteiger partial charge in [-0.3, -0.25) is 0 Å². The SMILES string of the molecule is COc1cc(C)c(CNC[C@]2(C)CCC[C@]3(C)c4ccc(C(C)C)cc4CC[C@H]23)cc1C. The van der Waals surface area contributed by atoms with Crippen LogP contribution in [0.3, 0.4) is 0 Å². The third-order valence-corrected chi connectivity index (χ3v) is 8.87. The lowest BCUT2D eigenvalue weighted by atomic mass is 9.49. The van der Waals surface area contributed by atoms with Crippen LogP contribution >= 0.6 is 0 Å². The van der Waals surface area contributed by atoms with Crippen LogP contribution in [-0.4, -0.2) is 13.7 Å². The number of hydrogen-bond acceptors (Lipinski definition) is 2. The van der Waals surface area contributed by atoms with Crippen LogP contribution in [0.25, 0.3) is 0 Å². The van der Waals surface area contributed by atoms with Gasteiger partial charge in [0, 0.05) is 13.1 Å². The van der Waals surface area contributed by atoms with Crippen molar-refractivity contribution in [2.75, 3.05) is 13.7 Å². The zero-order valence-corrected chi connectivity index (χ0v) is 21.4. The van der Waals surface area contributed by atoms with Crippen LogP contribution in [0.4, 0.5) is 0 Å². The monoisotopic (exact) mass is 433 g/mol. The maximum atomic E-state index is 5.50. The molecule has 0 aromatic heterocycles. The summed E-state index contributed by atoms with van der Waals surface area (Å²) in [7, 11) is 1.76. The Morgan fingerprint density at radius 3 is 2.56 bits per heavy atom. The van der Waals surface area contributed by atoms with E-state index in [1.807, 2.05) is 0 Å². The predicted molar refractivity (Wildman–Crippen MR) is 136 cm³/mol. The quantitative estimate of drug-likeness (QED) is 0.518. The first-order valence-corrected chi connectivity index (χ1v) is 12.7. The van der Waals surface area contributed by atoms with E-state index in [1.54, 1.807) is 18.2 Å². The van der Waals surface area contributed by atoms with Gasteiger partial charge < -0.3 is 10.1 Å². The Morgan fingerprint density at radius 2 is 1.84 bits per heavy atom. The molecule has 2 aliphatic carbocycles. The Labute approximate surface area is 196 Å². The summed E-state index contributed by atoms with van der Waals surface area (Å²) in [5.41, 5.74) is 9.34. The average Bonchev–Trinajstić information content (AvgIpc) is 2.75. The molecule has 3 atom stereocenters. The Balaban J connectivity index is 1.52. The van der Waals surface area contributed by atoms with Gasteiger partial charge >= 0.3 is 0 Å². The van der Waals surface area contributed by atoms with Gasteiger partial charge in [-0.05, 0) is 102 Å². The smallest absolute Gasteiger partial charge is 0.122 e. The lowest BCUT2D eigenvalue weighted by molar-refractivity contribution is 0.0257. The molecule has 1 N–H and O–H groups in total. The number of nitrogens with one attached hydrogen (secondary N) is 1. The minimum Gasteiger partial charge on any atom is -0.496 e. The Hall–Kier alpha value is -1.80. The molecule has 0 aliphatic heterocycles. The summed E-state index contributed by atoms with van der Waals surface area (Å²) in [6, 6.07) is 11.9. The lowest BCUT2D eigenvalue weighted by Gasteiger charge is -2.55. The topological polar surface area (TPSA) is 21.3 Å². The molecule has 0 amide bonds. The Kier molecular flexibility index (Phi) is 6.47. The lowest BCUT2D eigenvalue weighted by Crippen LogP contribution is -2.52. The molecular formula is C30H43NO. The van der Waals surface area contributed by atoms with E-state index in [4.69, 9.17) is 4.74 Å². The van der Waals surface area contributed by atoms with E-state index in [1.165, 1.54) is 54.4 Å². The van der Waals surface area contributed by atoms with E-state index in [0.717, 1.165) is 24.8 Å². The highest BCUT2D eigenvalue weighted by atomic mass is 16.5. The first-order valence-electron chi connectivity index (χ1n) is 12.7. The largest absolute Gasteiger partial charge is 0.496 e. The third-order valence-electron chi connectivity index (χ3n) is 8.87. The summed E-state index contributed by atoms with van der Waals surface area (Å²) >= 11 is 0. The van der Waals surface area contributed by atoms with Crippen molar-refractivity contribution in [2.24, 2.45) is 11.3 Å². The van der Waals surface area contributed by atoms with Gasteiger partial charge in [0.1, 0.15) is 5.75 Å². The molecule has 2 aliphatic rings. The van der Waals surface area contributed by atoms with Crippen LogP contribution in [0.2, 0.25) is 0 Å². The molecule has 4 rings (SSSR count). The molecule has 0 unspecified atom stereocenters. The molecule has 0 bridgehead atoms. The standard InChI is InChI=1S/C30H43NO/c1-20(2)23-9-11-26-24(17-23)10-12-28-29(5,13-8-14-30(26,28)6)19-31-18-25-15-22(4)27(32-7)16-21(25)3/h9,11,15-17,20,28,31H,8,10,12-14,18-19H2,1-7H3/t28-,29+,30-/m1/s1. The van der Waals surface area contributed by atoms with Gasteiger partial charge in [0.15, 0.2) is 0 Å². The first-order chi connectivity index (χ1) is 15.2. The fraction of sp³-hybridized carbons (Fsp3) is 0.600. The molecule has 32 heavy (non-hydrogen) atoms. The molecule has 2 heteroatoms. The van der Waals surface area contributed by atoms with Crippen LogP contribution in [0.15, 0.2) is 30.3 Å². The first kappa shape index (κ1) is 23.4. The summed E-state index contributed by atoms with van der Waals surface area (Å²) in [5, 5.41) is 3.87. The number of ether oxygens (including phenoxy) is 1. The zero-order chi connectivity index (χ0) is 23.1. The van der Waals surface area contributed by atoms with E-state index < -0.39 is 0 Å². The van der Waals surface area contributed by atoms with Crippen molar-refractivity contribution in [3.63, 3.8) is 0 Å². The average molecular weight is 434 g/mol. The third kappa shape index (κ3) is 4.12. The van der Waals surface area contributed by atoms with Crippen molar-refractivity contribution < 1.29 is 4.74 Å². The molecule has 0 radical (unpaired) electrons. The second kappa shape index (κ2) is 8.86. The highest BCUT2D eigenvalue weighted by molar-refractivity contribution is 5.43. The number of rotatable bonds is 6. The van der Waals surface area contributed by atoms with Crippen molar-refractivity contribution in [2.45, 2.75) is 91.5 Å². The highest BCUT2D eigenvalue weighted by Gasteiger charge is 2.51. The molecule has 1 saturated carbocycles. The van der Waals surface area contributed by atoms with Gasteiger partial charge in [-0.25, -0.2) is 0 Å². The summed E-state index contributed by atoms with van der Waals surface area (Å²) in [4.78, 5) is 0. The van der Waals surface area contributed by atoms with Gasteiger partial charge in [-0.1, -0.05) is 58.4 Å². The van der Waals surface area contributed by atoms with E-state index in [0.29, 0.717) is 16.7 Å². The molecular weight excluding hydrogens is 390 g/mol. The highest BCUT2D eigenvalue weighted by Crippen LogP contribution is 2.57. The molecule has 0 heterocycles. The van der Waals surface area contributed by atoms with Crippen molar-refractivity contribution in [3.8, 4) is 5.75 Å². The Morgan fingerprint density at radius 1 is 1.06 bits per heavy atom. The van der Waals surface area contributed by atoms with E-state index in [9.17, 15) is 0 Å². The fourth-order valence-electron chi connectivity index (χ4n) is 6.96. The summed E-state index contributed by atoms with van der Waals surface area (Å²) in [6.07, 6.45) is 6.56. The van der Waals surface area contributed by atoms with Crippen LogP contribution < -0.4 is 10.1 Å². The summed E-state index contributed by atoms with van der Waals surface area (Å²) < 4.78 is 5.50. The van der Waals surface area contributed by atoms with Gasteiger partial charge in [0.2, 0.25) is 0 Å². The second-order valence-corrected chi connectivity index (χ2v) is 11.4. The van der Waals surface area contributed by atoms with Crippen molar-refractivity contribution >= 4 is 0 Å². The normalized spacial score (nSPS) is 27.2. The number of aryl methyl sites for hydroxylation is 3. The van der Waals surface area contributed by atoms with Crippen LogP contribution in [0, 0.1) is 25.2 Å². The molecule has 1 fully saturated rings. The van der Waals surface area contributed by atoms with E-state index in [-0.39, 0.29) is 0 Å². The van der Waals surface area contributed by atoms with Crippen LogP contribution in [0.1, 0.15) is 92.7 Å². The van der Waals surface area contributed by atoms with Crippen molar-refractivity contribution in [3.05, 3.63) is 63.7 Å². The van der Waals surface area contributed by atoms with Crippen LogP contribution in [0.5, 0.6) is 5.75 Å². The van der Waals surface area contributed by atoms with Gasteiger partial charge in [-0.15, -0.1) is 0 Å². The number of fused-ring (bicyclic) bond motifs is 3. The summed E-state index contributed by atoms with van der Waals surface area (Å²) in [5.74, 6) is 2.34. The van der Waals surface area contributed by atoms with E-state index in [2.05, 4.69) is 77.2 Å². The molecule has 2 nitrogen and oxygen atoms in total. The van der Waals surface area contributed by atoms with Gasteiger partial charge in [0.05, 0.1) is 7.11 Å². The Bertz CT molecular complexity index is 977. The van der Waals surface area contributed by atoms with Crippen molar-refractivity contribution in [1.82, 2.24) is 5.32 Å². The predicted octanol–water partition coefficient (Wildman–Crippen LogP) is 7.24. The number of hydrogen-bond donors (Lipinski definition) is 1. The fourth-order valence-corrected chi connectivity index (χ4v) is 6.96. The minimum absolute atomic E-state index is 0.310. The minimum atomic E-state index is 0.310. The molecule has 0 spiro atoms. The molecule has 2 aromatic rings. The van der Waals surface area contributed by atoms with Gasteiger partial charge in [-0.2, -0.15) is 0 Å². The molecule has 2 aromatic carbocycles. The molecule has 0 saturated heterocycles. The second-order valence-electron chi connectivity index (χ2n) is 11.4. The zero-order valence-electron chi connectivity index (χ0n) is 21.4. The van der Waals surface area contributed by atoms with E-state index >= 15 is 0 Å². The molecule has 174 valence electrons. The number of methoxy groups -OCH3 is 1. The van der Waals surface area contributed by atoms with Gasteiger partial charge in [0.25, 0.3) is 0 Å². The summed E-state index contributed by atoms with van der Waals surface area (Å²) in [6.45, 7) is 16.1.